The van der Waals surface area contributed by atoms with Gasteiger partial charge in [0.2, 0.25) is 0 Å². The molecule has 0 aromatic heterocycles. The molecule has 1 aromatic carbocycles. The first kappa shape index (κ1) is 14.8. The lowest BCUT2D eigenvalue weighted by Crippen LogP contribution is -2.05. The minimum atomic E-state index is -4.57. The summed E-state index contributed by atoms with van der Waals surface area (Å²) in [5.74, 6) is -0.601. The molecule has 0 heterocycles. The number of carbonyl (C=O) groups is 1. The Morgan fingerprint density at radius 1 is 1.33 bits per heavy atom. The molecule has 0 amide bonds. The number of halogens is 4. The summed E-state index contributed by atoms with van der Waals surface area (Å²) in [5, 5.41) is -0.0881. The quantitative estimate of drug-likeness (QED) is 0.773. The zero-order valence-electron chi connectivity index (χ0n) is 9.42. The Morgan fingerprint density at radius 3 is 2.56 bits per heavy atom. The largest absolute Gasteiger partial charge is 0.416 e. The first-order valence-electron chi connectivity index (χ1n) is 4.97. The topological polar surface area (TPSA) is 17.1 Å². The minimum Gasteiger partial charge on any atom is -0.288 e. The summed E-state index contributed by atoms with van der Waals surface area (Å²) in [7, 11) is 0. The Balaban J connectivity index is 2.84. The summed E-state index contributed by atoms with van der Waals surface area (Å²) >= 11 is 1.02. The molecule has 0 saturated heterocycles. The van der Waals surface area contributed by atoms with Gasteiger partial charge in [-0.25, -0.2) is 4.39 Å². The second kappa shape index (κ2) is 6.04. The van der Waals surface area contributed by atoms with Crippen molar-refractivity contribution in [2.45, 2.75) is 13.1 Å². The summed E-state index contributed by atoms with van der Waals surface area (Å²) in [4.78, 5) is 10.6. The van der Waals surface area contributed by atoms with Gasteiger partial charge < -0.3 is 0 Å². The van der Waals surface area contributed by atoms with Crippen molar-refractivity contribution >= 4 is 23.0 Å². The number of benzene rings is 1. The number of alkyl halides is 3. The highest BCUT2D eigenvalue weighted by Crippen LogP contribution is 2.30. The number of thioether (sulfide) groups is 1. The van der Waals surface area contributed by atoms with Gasteiger partial charge >= 0.3 is 6.18 Å². The van der Waals surface area contributed by atoms with Gasteiger partial charge in [0, 0.05) is 12.7 Å². The zero-order chi connectivity index (χ0) is 13.8. The number of hydrogen-bond acceptors (Lipinski definition) is 2. The van der Waals surface area contributed by atoms with Crippen molar-refractivity contribution in [3.05, 3.63) is 41.2 Å². The van der Waals surface area contributed by atoms with E-state index >= 15 is 0 Å². The van der Waals surface area contributed by atoms with Gasteiger partial charge in [-0.2, -0.15) is 13.2 Å². The van der Waals surface area contributed by atoms with Crippen LogP contribution in [0.3, 0.4) is 0 Å². The molecule has 0 saturated carbocycles. The van der Waals surface area contributed by atoms with Crippen molar-refractivity contribution in [1.82, 2.24) is 0 Å². The van der Waals surface area contributed by atoms with Crippen LogP contribution in [0.2, 0.25) is 0 Å². The van der Waals surface area contributed by atoms with E-state index in [1.165, 1.54) is 19.1 Å². The van der Waals surface area contributed by atoms with E-state index in [1.807, 2.05) is 0 Å². The lowest BCUT2D eigenvalue weighted by molar-refractivity contribution is -0.137. The number of hydrogen-bond donors (Lipinski definition) is 0. The fourth-order valence-corrected chi connectivity index (χ4v) is 1.65. The molecule has 0 spiro atoms. The molecule has 0 aliphatic heterocycles. The molecule has 6 heteroatoms. The van der Waals surface area contributed by atoms with E-state index < -0.39 is 17.6 Å². The molecule has 0 radical (unpaired) electrons. The Labute approximate surface area is 106 Å². The molecule has 0 fully saturated rings. The van der Waals surface area contributed by atoms with Crippen LogP contribution >= 0.6 is 11.8 Å². The average Bonchev–Trinajstić information content (AvgIpc) is 2.22. The smallest absolute Gasteiger partial charge is 0.288 e. The summed E-state index contributed by atoms with van der Waals surface area (Å²) in [6, 6.07) is 2.31. The highest BCUT2D eigenvalue weighted by molar-refractivity contribution is 8.13. The summed E-state index contributed by atoms with van der Waals surface area (Å²) in [6.07, 6.45) is -1.70. The van der Waals surface area contributed by atoms with Crippen molar-refractivity contribution in [1.29, 1.82) is 0 Å². The van der Waals surface area contributed by atoms with Gasteiger partial charge in [-0.15, -0.1) is 0 Å². The first-order valence-corrected chi connectivity index (χ1v) is 5.95. The van der Waals surface area contributed by atoms with Gasteiger partial charge in [-0.1, -0.05) is 23.9 Å². The third kappa shape index (κ3) is 4.91. The molecule has 1 rings (SSSR count). The SMILES string of the molecule is CC(=O)SCC=Cc1cc(F)cc(C(F)(F)F)c1. The molecule has 0 N–H and O–H groups in total. The van der Waals surface area contributed by atoms with Crippen LogP contribution in [0.15, 0.2) is 24.3 Å². The monoisotopic (exact) mass is 278 g/mol. The summed E-state index contributed by atoms with van der Waals surface area (Å²) < 4.78 is 50.2. The Hall–Kier alpha value is -1.30. The molecule has 1 nitrogen and oxygen atoms in total. The van der Waals surface area contributed by atoms with Crippen molar-refractivity contribution in [3.8, 4) is 0 Å². The van der Waals surface area contributed by atoms with Gasteiger partial charge in [-0.3, -0.25) is 4.79 Å². The molecule has 0 bridgehead atoms. The van der Waals surface area contributed by atoms with Crippen LogP contribution < -0.4 is 0 Å². The molecule has 0 unspecified atom stereocenters. The summed E-state index contributed by atoms with van der Waals surface area (Å²) in [6.45, 7) is 1.39. The predicted molar refractivity (Wildman–Crippen MR) is 63.6 cm³/mol. The lowest BCUT2D eigenvalue weighted by Gasteiger charge is -2.07. The lowest BCUT2D eigenvalue weighted by atomic mass is 10.1. The van der Waals surface area contributed by atoms with E-state index in [0.29, 0.717) is 11.8 Å². The van der Waals surface area contributed by atoms with Crippen LogP contribution in [0.5, 0.6) is 0 Å². The van der Waals surface area contributed by atoms with Crippen LogP contribution in [0.25, 0.3) is 6.08 Å². The molecule has 18 heavy (non-hydrogen) atoms. The Kier molecular flexibility index (Phi) is 4.95. The first-order chi connectivity index (χ1) is 8.29. The molecular weight excluding hydrogens is 268 g/mol. The van der Waals surface area contributed by atoms with E-state index in [9.17, 15) is 22.4 Å². The van der Waals surface area contributed by atoms with Gasteiger partial charge in [0.15, 0.2) is 5.12 Å². The fraction of sp³-hybridized carbons (Fsp3) is 0.250. The van der Waals surface area contributed by atoms with E-state index in [-0.39, 0.29) is 10.7 Å². The van der Waals surface area contributed by atoms with Gasteiger partial charge in [0.05, 0.1) is 5.56 Å². The Morgan fingerprint density at radius 2 is 2.00 bits per heavy atom. The fourth-order valence-electron chi connectivity index (χ4n) is 1.22. The van der Waals surface area contributed by atoms with E-state index in [1.54, 1.807) is 0 Å². The predicted octanol–water partition coefficient (Wildman–Crippen LogP) is 4.14. The van der Waals surface area contributed by atoms with E-state index in [0.717, 1.165) is 23.9 Å². The standard InChI is InChI=1S/C12H10F4OS/c1-8(17)18-4-2-3-9-5-10(12(14,15)16)7-11(13)6-9/h2-3,5-7H,4H2,1H3. The molecule has 0 aliphatic rings. The van der Waals surface area contributed by atoms with Crippen LogP contribution in [-0.4, -0.2) is 10.9 Å². The second-order valence-corrected chi connectivity index (χ2v) is 4.67. The molecular formula is C12H10F4OS. The van der Waals surface area contributed by atoms with Gasteiger partial charge in [0.25, 0.3) is 0 Å². The van der Waals surface area contributed by atoms with Gasteiger partial charge in [0.1, 0.15) is 5.82 Å². The van der Waals surface area contributed by atoms with Crippen LogP contribution in [0, 0.1) is 5.82 Å². The maximum atomic E-state index is 13.0. The van der Waals surface area contributed by atoms with Crippen molar-refractivity contribution in [3.63, 3.8) is 0 Å². The number of rotatable bonds is 3. The Bertz CT molecular complexity index is 466. The number of carbonyl (C=O) groups excluding carboxylic acids is 1. The van der Waals surface area contributed by atoms with Crippen molar-refractivity contribution < 1.29 is 22.4 Å². The third-order valence-electron chi connectivity index (χ3n) is 1.94. The maximum Gasteiger partial charge on any atom is 0.416 e. The van der Waals surface area contributed by atoms with Gasteiger partial charge in [-0.05, 0) is 23.8 Å². The molecule has 1 aromatic rings. The highest BCUT2D eigenvalue weighted by Gasteiger charge is 2.31. The van der Waals surface area contributed by atoms with Crippen molar-refractivity contribution in [2.75, 3.05) is 5.75 Å². The van der Waals surface area contributed by atoms with Crippen LogP contribution in [-0.2, 0) is 11.0 Å². The normalized spacial score (nSPS) is 12.1. The molecule has 0 aliphatic carbocycles. The van der Waals surface area contributed by atoms with Crippen LogP contribution in [0.1, 0.15) is 18.1 Å². The van der Waals surface area contributed by atoms with E-state index in [2.05, 4.69) is 0 Å². The highest BCUT2D eigenvalue weighted by atomic mass is 32.2. The maximum absolute atomic E-state index is 13.0. The van der Waals surface area contributed by atoms with E-state index in [4.69, 9.17) is 0 Å². The molecule has 98 valence electrons. The second-order valence-electron chi connectivity index (χ2n) is 3.48. The molecule has 0 atom stereocenters. The minimum absolute atomic E-state index is 0.0881. The van der Waals surface area contributed by atoms with Crippen molar-refractivity contribution in [2.24, 2.45) is 0 Å². The average molecular weight is 278 g/mol. The summed E-state index contributed by atoms with van der Waals surface area (Å²) in [5.41, 5.74) is -0.909. The third-order valence-corrected chi connectivity index (χ3v) is 2.71. The van der Waals surface area contributed by atoms with Crippen LogP contribution in [0.4, 0.5) is 17.6 Å². The zero-order valence-corrected chi connectivity index (χ0v) is 10.2.